The highest BCUT2D eigenvalue weighted by molar-refractivity contribution is 8.10. The maximum atomic E-state index is 5.84. The van der Waals surface area contributed by atoms with Gasteiger partial charge in [0.1, 0.15) is 0 Å². The number of benzene rings is 1. The van der Waals surface area contributed by atoms with E-state index in [4.69, 9.17) is 40.1 Å². The van der Waals surface area contributed by atoms with E-state index in [1.807, 2.05) is 32.9 Å². The summed E-state index contributed by atoms with van der Waals surface area (Å²) in [4.78, 5) is 0. The van der Waals surface area contributed by atoms with Gasteiger partial charge in [-0.15, -0.1) is 0 Å². The lowest BCUT2D eigenvalue weighted by molar-refractivity contribution is 0.364. The predicted molar refractivity (Wildman–Crippen MR) is 95.0 cm³/mol. The van der Waals surface area contributed by atoms with Crippen molar-refractivity contribution >= 4 is 53.0 Å². The molecule has 0 heterocycles. The Morgan fingerprint density at radius 2 is 1.95 bits per heavy atom. The molecule has 0 aliphatic carbocycles. The summed E-state index contributed by atoms with van der Waals surface area (Å²) in [6.07, 6.45) is 0. The topological polar surface area (TPSA) is 45.3 Å². The molecule has 0 aliphatic heterocycles. The average Bonchev–Trinajstić information content (AvgIpc) is 2.30. The van der Waals surface area contributed by atoms with Gasteiger partial charge in [-0.3, -0.25) is 0 Å². The molecule has 3 N–H and O–H groups in total. The Labute approximate surface area is 135 Å². The first-order valence-electron chi connectivity index (χ1n) is 6.22. The van der Waals surface area contributed by atoms with Crippen LogP contribution in [-0.4, -0.2) is 17.8 Å². The molecule has 0 bridgehead atoms. The molecule has 1 unspecified atom stereocenters. The third-order valence-corrected chi connectivity index (χ3v) is 5.60. The molecule has 20 heavy (non-hydrogen) atoms. The Balaban J connectivity index is 2.66. The van der Waals surface area contributed by atoms with Crippen LogP contribution in [0.1, 0.15) is 20.8 Å². The zero-order valence-corrected chi connectivity index (χ0v) is 14.9. The minimum Gasteiger partial charge on any atom is -0.332 e. The molecule has 4 nitrogen and oxygen atoms in total. The van der Waals surface area contributed by atoms with Crippen LogP contribution in [0.2, 0.25) is 5.02 Å². The van der Waals surface area contributed by atoms with Crippen molar-refractivity contribution in [2.75, 3.05) is 11.9 Å². The van der Waals surface area contributed by atoms with Crippen molar-refractivity contribution in [1.82, 2.24) is 10.2 Å². The minimum atomic E-state index is -2.37. The van der Waals surface area contributed by atoms with E-state index in [9.17, 15) is 0 Å². The molecular formula is C12H19ClN3OPS2. The summed E-state index contributed by atoms with van der Waals surface area (Å²) >= 11 is 16.6. The second kappa shape index (κ2) is 8.27. The fraction of sp³-hybridized carbons (Fsp3) is 0.417. The fourth-order valence-electron chi connectivity index (χ4n) is 1.45. The lowest BCUT2D eigenvalue weighted by Crippen LogP contribution is -2.34. The van der Waals surface area contributed by atoms with E-state index in [0.29, 0.717) is 16.7 Å². The summed E-state index contributed by atoms with van der Waals surface area (Å²) in [5.74, 6) is 0. The molecule has 0 radical (unpaired) electrons. The summed E-state index contributed by atoms with van der Waals surface area (Å²) in [6.45, 7) is 4.07. The standard InChI is InChI=1S/C12H19ClN3OPS2/c1-4-17-18(20,15-9(2)3)16-12(19)14-11-7-5-10(13)6-8-11/h5-9H,4H2,1-3H3,(H3,14,15,16,19,20). The summed E-state index contributed by atoms with van der Waals surface area (Å²) in [5.41, 5.74) is 0.842. The first-order chi connectivity index (χ1) is 9.34. The largest absolute Gasteiger partial charge is 0.332 e. The smallest absolute Gasteiger partial charge is 0.225 e. The summed E-state index contributed by atoms with van der Waals surface area (Å²) < 4.78 is 5.62. The van der Waals surface area contributed by atoms with Crippen molar-refractivity contribution in [1.29, 1.82) is 0 Å². The van der Waals surface area contributed by atoms with E-state index < -0.39 is 6.57 Å². The van der Waals surface area contributed by atoms with Gasteiger partial charge in [0.05, 0.1) is 6.61 Å². The van der Waals surface area contributed by atoms with Gasteiger partial charge in [0.2, 0.25) is 6.57 Å². The number of nitrogens with one attached hydrogen (secondary N) is 3. The number of hydrogen-bond acceptors (Lipinski definition) is 3. The van der Waals surface area contributed by atoms with Gasteiger partial charge < -0.3 is 14.9 Å². The zero-order valence-electron chi connectivity index (χ0n) is 11.6. The highest BCUT2D eigenvalue weighted by Gasteiger charge is 2.19. The number of hydrogen-bond donors (Lipinski definition) is 3. The van der Waals surface area contributed by atoms with Crippen LogP contribution in [0.25, 0.3) is 0 Å². The van der Waals surface area contributed by atoms with Crippen LogP contribution < -0.4 is 15.5 Å². The Morgan fingerprint density at radius 1 is 1.35 bits per heavy atom. The Hall–Kier alpha value is -0.230. The molecule has 1 rings (SSSR count). The van der Waals surface area contributed by atoms with E-state index in [2.05, 4.69) is 15.5 Å². The molecule has 0 fully saturated rings. The molecule has 1 aromatic carbocycles. The van der Waals surface area contributed by atoms with Gasteiger partial charge >= 0.3 is 0 Å². The first-order valence-corrected chi connectivity index (χ1v) is 9.72. The summed E-state index contributed by atoms with van der Waals surface area (Å²) in [5, 5.41) is 10.5. The van der Waals surface area contributed by atoms with Gasteiger partial charge in [0.15, 0.2) is 5.11 Å². The van der Waals surface area contributed by atoms with Crippen molar-refractivity contribution < 1.29 is 4.52 Å². The zero-order chi connectivity index (χ0) is 15.2. The monoisotopic (exact) mass is 351 g/mol. The normalized spacial score (nSPS) is 13.8. The molecule has 0 saturated heterocycles. The van der Waals surface area contributed by atoms with Crippen molar-refractivity contribution in [3.05, 3.63) is 29.3 Å². The van der Waals surface area contributed by atoms with Crippen LogP contribution in [0.4, 0.5) is 5.69 Å². The highest BCUT2D eigenvalue weighted by atomic mass is 35.5. The Kier molecular flexibility index (Phi) is 7.37. The van der Waals surface area contributed by atoms with Gasteiger partial charge in [0.25, 0.3) is 0 Å². The molecular weight excluding hydrogens is 333 g/mol. The van der Waals surface area contributed by atoms with E-state index in [-0.39, 0.29) is 6.04 Å². The molecule has 8 heteroatoms. The maximum Gasteiger partial charge on any atom is 0.225 e. The molecule has 0 aliphatic rings. The van der Waals surface area contributed by atoms with Crippen molar-refractivity contribution in [2.45, 2.75) is 26.8 Å². The number of anilines is 1. The van der Waals surface area contributed by atoms with E-state index >= 15 is 0 Å². The van der Waals surface area contributed by atoms with Gasteiger partial charge in [-0.05, 0) is 69.1 Å². The third-order valence-electron chi connectivity index (χ3n) is 2.09. The van der Waals surface area contributed by atoms with Gasteiger partial charge in [-0.25, -0.2) is 5.09 Å². The maximum absolute atomic E-state index is 5.84. The van der Waals surface area contributed by atoms with E-state index in [0.717, 1.165) is 5.69 Å². The molecule has 0 aromatic heterocycles. The lowest BCUT2D eigenvalue weighted by Gasteiger charge is -2.27. The number of halogens is 1. The van der Waals surface area contributed by atoms with Crippen molar-refractivity contribution in [3.8, 4) is 0 Å². The van der Waals surface area contributed by atoms with Crippen LogP contribution in [-0.2, 0) is 16.3 Å². The molecule has 1 aromatic rings. The third kappa shape index (κ3) is 6.48. The highest BCUT2D eigenvalue weighted by Crippen LogP contribution is 2.38. The molecule has 112 valence electrons. The quantitative estimate of drug-likeness (QED) is 0.534. The number of rotatable bonds is 6. The van der Waals surface area contributed by atoms with Crippen molar-refractivity contribution in [2.24, 2.45) is 0 Å². The van der Waals surface area contributed by atoms with Crippen LogP contribution in [0.3, 0.4) is 0 Å². The van der Waals surface area contributed by atoms with Crippen LogP contribution in [0, 0.1) is 0 Å². The SMILES string of the molecule is CCOP(=S)(NC(=S)Nc1ccc(Cl)cc1)NC(C)C. The van der Waals surface area contributed by atoms with Crippen molar-refractivity contribution in [3.63, 3.8) is 0 Å². The minimum absolute atomic E-state index is 0.207. The van der Waals surface area contributed by atoms with Gasteiger partial charge in [-0.2, -0.15) is 0 Å². The fourth-order valence-corrected chi connectivity index (χ4v) is 5.05. The number of thiocarbonyl (C=S) groups is 1. The van der Waals surface area contributed by atoms with E-state index in [1.165, 1.54) is 0 Å². The van der Waals surface area contributed by atoms with Crippen LogP contribution in [0.15, 0.2) is 24.3 Å². The molecule has 0 saturated carbocycles. The second-order valence-electron chi connectivity index (χ2n) is 4.33. The van der Waals surface area contributed by atoms with E-state index in [1.54, 1.807) is 12.1 Å². The Morgan fingerprint density at radius 3 is 2.45 bits per heavy atom. The lowest BCUT2D eigenvalue weighted by atomic mass is 10.3. The van der Waals surface area contributed by atoms with Crippen LogP contribution in [0.5, 0.6) is 0 Å². The van der Waals surface area contributed by atoms with Crippen LogP contribution >= 0.6 is 30.4 Å². The second-order valence-corrected chi connectivity index (χ2v) is 8.56. The van der Waals surface area contributed by atoms with Gasteiger partial charge in [0, 0.05) is 16.8 Å². The first kappa shape index (κ1) is 17.8. The Bertz CT molecular complexity index is 496. The summed E-state index contributed by atoms with van der Waals surface area (Å²) in [6, 6.07) is 7.47. The van der Waals surface area contributed by atoms with Gasteiger partial charge in [-0.1, -0.05) is 11.6 Å². The summed E-state index contributed by atoms with van der Waals surface area (Å²) in [7, 11) is 0. The predicted octanol–water partition coefficient (Wildman–Crippen LogP) is 3.89. The molecule has 0 spiro atoms. The molecule has 1 atom stereocenters. The average molecular weight is 352 g/mol. The molecule has 0 amide bonds.